The van der Waals surface area contributed by atoms with E-state index in [-0.39, 0.29) is 24.9 Å². The highest BCUT2D eigenvalue weighted by molar-refractivity contribution is 5.79. The molecule has 0 radical (unpaired) electrons. The van der Waals surface area contributed by atoms with Crippen molar-refractivity contribution in [2.75, 3.05) is 47.6 Å². The lowest BCUT2D eigenvalue weighted by Gasteiger charge is -2.38. The van der Waals surface area contributed by atoms with E-state index in [4.69, 9.17) is 14.9 Å². The molecule has 0 aromatic heterocycles. The van der Waals surface area contributed by atoms with Crippen LogP contribution in [0.1, 0.15) is 25.7 Å². The smallest absolute Gasteiger partial charge is 0.338 e. The van der Waals surface area contributed by atoms with Crippen LogP contribution in [0.5, 0.6) is 0 Å². The van der Waals surface area contributed by atoms with Crippen LogP contribution in [0.15, 0.2) is 0 Å². The minimum atomic E-state index is -1.91. The lowest BCUT2D eigenvalue weighted by Crippen LogP contribution is -2.56. The fourth-order valence-corrected chi connectivity index (χ4v) is 3.34. The van der Waals surface area contributed by atoms with Gasteiger partial charge in [-0.25, -0.2) is 4.79 Å². The molecule has 2 aliphatic heterocycles. The average molecular weight is 453 g/mol. The number of hydrogen-bond acceptors (Lipinski definition) is 12. The Balaban J connectivity index is 0.000000247. The van der Waals surface area contributed by atoms with Crippen LogP contribution in [0.2, 0.25) is 0 Å². The van der Waals surface area contributed by atoms with Crippen molar-refractivity contribution in [2.24, 2.45) is 0 Å². The number of aliphatic hydroxyl groups excluding tert-OH is 4. The van der Waals surface area contributed by atoms with Crippen molar-refractivity contribution in [1.82, 2.24) is 10.2 Å². The molecule has 3 fully saturated rings. The van der Waals surface area contributed by atoms with Crippen molar-refractivity contribution in [1.29, 1.82) is 0 Å². The Morgan fingerprint density at radius 2 is 1.55 bits per heavy atom. The maximum atomic E-state index is 11.1. The van der Waals surface area contributed by atoms with Crippen molar-refractivity contribution in [3.63, 3.8) is 0 Å². The number of esters is 2. The fraction of sp³-hybridized carbons (Fsp3) is 0.895. The third-order valence-electron chi connectivity index (χ3n) is 5.29. The summed E-state index contributed by atoms with van der Waals surface area (Å²) in [6.07, 6.45) is -3.92. The molecule has 3 unspecified atom stereocenters. The van der Waals surface area contributed by atoms with Crippen LogP contribution >= 0.6 is 0 Å². The molecule has 0 aromatic rings. The minimum Gasteiger partial charge on any atom is -0.468 e. The Kier molecular flexibility index (Phi) is 11.8. The van der Waals surface area contributed by atoms with Crippen molar-refractivity contribution >= 4 is 11.9 Å². The molecule has 2 saturated heterocycles. The number of rotatable bonds is 2. The third kappa shape index (κ3) is 8.94. The van der Waals surface area contributed by atoms with Crippen LogP contribution in [-0.4, -0.2) is 126 Å². The molecule has 12 nitrogen and oxygen atoms in total. The first-order chi connectivity index (χ1) is 14.5. The van der Waals surface area contributed by atoms with Gasteiger partial charge in [0.15, 0.2) is 5.60 Å². The largest absolute Gasteiger partial charge is 0.468 e. The summed E-state index contributed by atoms with van der Waals surface area (Å²) in [5, 5.41) is 49.0. The molecule has 3 aliphatic rings. The standard InChI is InChI=1S/C8H14O6.C6H11NO3.C5H11NO/c1-14-7(12)8(13)2-4(9)6(11)5(10)3-8;1-10-6(9)4-2-3-5(8)7-4;1-6-2-4-7-5-3-6/h4-6,9-11,13H,2-3H2,1H3;4-5,7-8H,2-3H2,1H3;2-5H2,1H3/t;4-,5?;/m.0./s1. The van der Waals surface area contributed by atoms with Crippen molar-refractivity contribution in [2.45, 2.75) is 61.9 Å². The van der Waals surface area contributed by atoms with Crippen LogP contribution in [0.3, 0.4) is 0 Å². The topological polar surface area (TPSA) is 178 Å². The minimum absolute atomic E-state index is 0.295. The second-order valence-corrected chi connectivity index (χ2v) is 7.81. The van der Waals surface area contributed by atoms with Crippen molar-refractivity contribution < 1.29 is 49.3 Å². The van der Waals surface area contributed by atoms with Gasteiger partial charge in [0.25, 0.3) is 0 Å². The normalized spacial score (nSPS) is 35.7. The summed E-state index contributed by atoms with van der Waals surface area (Å²) in [6, 6.07) is -0.306. The highest BCUT2D eigenvalue weighted by atomic mass is 16.5. The van der Waals surface area contributed by atoms with Crippen LogP contribution in [0.25, 0.3) is 0 Å². The molecule has 0 bridgehead atoms. The van der Waals surface area contributed by atoms with E-state index in [0.717, 1.165) is 33.4 Å². The zero-order valence-electron chi connectivity index (χ0n) is 18.3. The first-order valence-corrected chi connectivity index (χ1v) is 10.2. The Morgan fingerprint density at radius 1 is 1.00 bits per heavy atom. The molecule has 12 heteroatoms. The van der Waals surface area contributed by atoms with E-state index in [2.05, 4.69) is 26.7 Å². The second-order valence-electron chi connectivity index (χ2n) is 7.81. The molecular weight excluding hydrogens is 416 g/mol. The third-order valence-corrected chi connectivity index (χ3v) is 5.29. The predicted molar refractivity (Wildman–Crippen MR) is 107 cm³/mol. The van der Waals surface area contributed by atoms with Crippen molar-refractivity contribution in [3.05, 3.63) is 0 Å². The zero-order chi connectivity index (χ0) is 23.6. The number of likely N-dealkylation sites (N-methyl/N-ethyl adjacent to an activating group) is 1. The van der Waals surface area contributed by atoms with Gasteiger partial charge in [0.2, 0.25) is 0 Å². The van der Waals surface area contributed by atoms with Gasteiger partial charge < -0.3 is 44.6 Å². The van der Waals surface area contributed by atoms with Gasteiger partial charge >= 0.3 is 11.9 Å². The number of ether oxygens (including phenoxy) is 3. The molecule has 1 saturated carbocycles. The molecule has 2 heterocycles. The van der Waals surface area contributed by atoms with Crippen LogP contribution in [0, 0.1) is 0 Å². The van der Waals surface area contributed by atoms with E-state index in [0.29, 0.717) is 12.8 Å². The van der Waals surface area contributed by atoms with E-state index in [1.165, 1.54) is 7.11 Å². The number of nitrogens with one attached hydrogen (secondary N) is 1. The molecule has 0 amide bonds. The summed E-state index contributed by atoms with van der Waals surface area (Å²) in [5.74, 6) is -1.21. The number of aliphatic hydroxyl groups is 5. The number of methoxy groups -OCH3 is 2. The Hall–Kier alpha value is -1.38. The summed E-state index contributed by atoms with van der Waals surface area (Å²) in [6.45, 7) is 4.02. The van der Waals surface area contributed by atoms with Crippen molar-refractivity contribution in [3.8, 4) is 0 Å². The Labute approximate surface area is 181 Å². The SMILES string of the molecule is CN1CCOCC1.COC(=O)C1(O)CC(O)C(O)C(O)C1.COC(=O)[C@@H]1CCC(O)N1. The van der Waals surface area contributed by atoms with Gasteiger partial charge in [-0.3, -0.25) is 10.1 Å². The van der Waals surface area contributed by atoms with Gasteiger partial charge in [-0.2, -0.15) is 0 Å². The number of carbonyl (C=O) groups excluding carboxylic acids is 2. The monoisotopic (exact) mass is 452 g/mol. The van der Waals surface area contributed by atoms with Gasteiger partial charge in [-0.1, -0.05) is 0 Å². The van der Waals surface area contributed by atoms with Gasteiger partial charge in [0.05, 0.1) is 39.6 Å². The maximum Gasteiger partial charge on any atom is 0.338 e. The van der Waals surface area contributed by atoms with E-state index >= 15 is 0 Å². The first kappa shape index (κ1) is 27.7. The molecule has 1 aliphatic carbocycles. The number of morpholine rings is 1. The van der Waals surface area contributed by atoms with E-state index in [1.54, 1.807) is 0 Å². The molecule has 31 heavy (non-hydrogen) atoms. The van der Waals surface area contributed by atoms with Gasteiger partial charge in [-0.05, 0) is 19.9 Å². The fourth-order valence-electron chi connectivity index (χ4n) is 3.34. The van der Waals surface area contributed by atoms with Gasteiger partial charge in [0.1, 0.15) is 18.4 Å². The Morgan fingerprint density at radius 3 is 1.90 bits per heavy atom. The lowest BCUT2D eigenvalue weighted by molar-refractivity contribution is -0.189. The quantitative estimate of drug-likeness (QED) is 0.234. The molecule has 6 N–H and O–H groups in total. The number of nitrogens with zero attached hydrogens (tertiary/aromatic N) is 1. The number of carbonyl (C=O) groups is 2. The molecule has 0 spiro atoms. The predicted octanol–water partition coefficient (Wildman–Crippen LogP) is -3.05. The summed E-state index contributed by atoms with van der Waals surface area (Å²) in [4.78, 5) is 24.1. The molecular formula is C19H36N2O10. The van der Waals surface area contributed by atoms with Crippen LogP contribution in [-0.2, 0) is 23.8 Å². The van der Waals surface area contributed by atoms with Crippen LogP contribution < -0.4 is 5.32 Å². The first-order valence-electron chi connectivity index (χ1n) is 10.2. The molecule has 3 rings (SSSR count). The van der Waals surface area contributed by atoms with E-state index < -0.39 is 36.1 Å². The Bertz CT molecular complexity index is 546. The number of hydrogen-bond donors (Lipinski definition) is 6. The molecule has 4 atom stereocenters. The average Bonchev–Trinajstić information content (AvgIpc) is 3.18. The lowest BCUT2D eigenvalue weighted by atomic mass is 9.80. The molecule has 0 aromatic carbocycles. The molecule has 182 valence electrons. The summed E-state index contributed by atoms with van der Waals surface area (Å²) in [7, 11) is 4.56. The maximum absolute atomic E-state index is 11.1. The summed E-state index contributed by atoms with van der Waals surface area (Å²) < 4.78 is 13.9. The van der Waals surface area contributed by atoms with Gasteiger partial charge in [-0.15, -0.1) is 0 Å². The summed E-state index contributed by atoms with van der Waals surface area (Å²) in [5.41, 5.74) is -1.91. The van der Waals surface area contributed by atoms with E-state index in [9.17, 15) is 24.9 Å². The van der Waals surface area contributed by atoms with E-state index in [1.807, 2.05) is 0 Å². The highest BCUT2D eigenvalue weighted by Crippen LogP contribution is 2.30. The second kappa shape index (κ2) is 13.2. The summed E-state index contributed by atoms with van der Waals surface area (Å²) >= 11 is 0. The zero-order valence-corrected chi connectivity index (χ0v) is 18.3. The highest BCUT2D eigenvalue weighted by Gasteiger charge is 2.49. The van der Waals surface area contributed by atoms with Crippen LogP contribution in [0.4, 0.5) is 0 Å². The van der Waals surface area contributed by atoms with Gasteiger partial charge in [0, 0.05) is 25.9 Å².